The zero-order valence-corrected chi connectivity index (χ0v) is 14.8. The minimum atomic E-state index is 0.00325. The van der Waals surface area contributed by atoms with E-state index in [1.54, 1.807) is 0 Å². The highest BCUT2D eigenvalue weighted by molar-refractivity contribution is 5.83. The monoisotopic (exact) mass is 341 g/mol. The second-order valence-electron chi connectivity index (χ2n) is 7.02. The van der Waals surface area contributed by atoms with E-state index in [0.29, 0.717) is 6.54 Å². The van der Waals surface area contributed by atoms with Gasteiger partial charge in [-0.1, -0.05) is 91.0 Å². The first-order valence-corrected chi connectivity index (χ1v) is 9.23. The summed E-state index contributed by atoms with van der Waals surface area (Å²) >= 11 is 0. The molecular weight excluding hydrogens is 318 g/mol. The Bertz CT molecular complexity index is 845. The zero-order chi connectivity index (χ0) is 17.8. The first-order chi connectivity index (χ1) is 12.8. The van der Waals surface area contributed by atoms with Gasteiger partial charge in [0.2, 0.25) is 5.91 Å². The van der Waals surface area contributed by atoms with Crippen molar-refractivity contribution in [3.8, 4) is 0 Å². The molecule has 1 amide bonds. The van der Waals surface area contributed by atoms with Gasteiger partial charge in [-0.15, -0.1) is 0 Å². The average Bonchev–Trinajstić information content (AvgIpc) is 3.00. The summed E-state index contributed by atoms with van der Waals surface area (Å²) in [5.74, 6) is 0.516. The van der Waals surface area contributed by atoms with Gasteiger partial charge in [0.1, 0.15) is 0 Å². The summed E-state index contributed by atoms with van der Waals surface area (Å²) in [6, 6.07) is 31.1. The number of hydrogen-bond acceptors (Lipinski definition) is 1. The van der Waals surface area contributed by atoms with Gasteiger partial charge in [-0.05, 0) is 23.1 Å². The van der Waals surface area contributed by atoms with Crippen LogP contribution in [0.15, 0.2) is 91.0 Å². The molecule has 130 valence electrons. The number of nitrogens with zero attached hydrogens (tertiary/aromatic N) is 1. The molecule has 1 saturated heterocycles. The molecule has 0 saturated carbocycles. The van der Waals surface area contributed by atoms with Crippen molar-refractivity contribution in [2.75, 3.05) is 6.54 Å². The van der Waals surface area contributed by atoms with Crippen LogP contribution < -0.4 is 0 Å². The number of hydrogen-bond donors (Lipinski definition) is 0. The van der Waals surface area contributed by atoms with Gasteiger partial charge in [0, 0.05) is 19.0 Å². The Balaban J connectivity index is 1.61. The van der Waals surface area contributed by atoms with Crippen molar-refractivity contribution in [3.63, 3.8) is 0 Å². The molecule has 1 heterocycles. The topological polar surface area (TPSA) is 20.3 Å². The highest BCUT2D eigenvalue weighted by Crippen LogP contribution is 2.36. The summed E-state index contributed by atoms with van der Waals surface area (Å²) in [6.07, 6.45) is 0.796. The summed E-state index contributed by atoms with van der Waals surface area (Å²) in [4.78, 5) is 15.3. The molecule has 1 aliphatic heterocycles. The fraction of sp³-hybridized carbons (Fsp3) is 0.208. The molecule has 2 heteroatoms. The van der Waals surface area contributed by atoms with Crippen molar-refractivity contribution < 1.29 is 4.79 Å². The van der Waals surface area contributed by atoms with Crippen LogP contribution in [0.25, 0.3) is 0 Å². The van der Waals surface area contributed by atoms with Gasteiger partial charge >= 0.3 is 0 Å². The van der Waals surface area contributed by atoms with Crippen molar-refractivity contribution in [3.05, 3.63) is 108 Å². The van der Waals surface area contributed by atoms with Gasteiger partial charge in [-0.3, -0.25) is 4.79 Å². The van der Waals surface area contributed by atoms with E-state index in [0.717, 1.165) is 13.0 Å². The predicted molar refractivity (Wildman–Crippen MR) is 105 cm³/mol. The summed E-state index contributed by atoms with van der Waals surface area (Å²) in [5.41, 5.74) is 3.68. The van der Waals surface area contributed by atoms with Gasteiger partial charge in [-0.25, -0.2) is 0 Å². The molecule has 0 radical (unpaired) electrons. The Labute approximate surface area is 155 Å². The highest BCUT2D eigenvalue weighted by Gasteiger charge is 2.40. The maximum Gasteiger partial charge on any atom is 0.227 e. The average molecular weight is 341 g/mol. The first kappa shape index (κ1) is 16.6. The third-order valence-electron chi connectivity index (χ3n) is 5.27. The molecule has 0 aromatic heterocycles. The van der Waals surface area contributed by atoms with Gasteiger partial charge < -0.3 is 4.90 Å². The number of rotatable bonds is 5. The minimum Gasteiger partial charge on any atom is -0.337 e. The molecule has 26 heavy (non-hydrogen) atoms. The zero-order valence-electron chi connectivity index (χ0n) is 14.8. The van der Waals surface area contributed by atoms with E-state index < -0.39 is 0 Å². The lowest BCUT2D eigenvalue weighted by Crippen LogP contribution is -2.27. The molecule has 0 spiro atoms. The molecule has 2 nitrogen and oxygen atoms in total. The quantitative estimate of drug-likeness (QED) is 0.660. The summed E-state index contributed by atoms with van der Waals surface area (Å²) in [6.45, 7) is 1.48. The molecule has 1 fully saturated rings. The van der Waals surface area contributed by atoms with E-state index in [4.69, 9.17) is 0 Å². The van der Waals surface area contributed by atoms with Crippen molar-refractivity contribution in [1.29, 1.82) is 0 Å². The van der Waals surface area contributed by atoms with Crippen LogP contribution in [0.2, 0.25) is 0 Å². The molecule has 4 rings (SSSR count). The van der Waals surface area contributed by atoms with E-state index in [1.165, 1.54) is 16.7 Å². The highest BCUT2D eigenvalue weighted by atomic mass is 16.2. The fourth-order valence-electron chi connectivity index (χ4n) is 3.94. The number of amides is 1. The Hall–Kier alpha value is -2.87. The van der Waals surface area contributed by atoms with E-state index in [2.05, 4.69) is 48.5 Å². The molecule has 2 unspecified atom stereocenters. The lowest BCUT2D eigenvalue weighted by molar-refractivity contribution is -0.131. The normalized spacial score (nSPS) is 19.7. The molecular formula is C24H23NO. The number of carbonyl (C=O) groups is 1. The van der Waals surface area contributed by atoms with Gasteiger partial charge in [0.25, 0.3) is 0 Å². The summed E-state index contributed by atoms with van der Waals surface area (Å²) in [7, 11) is 0. The third-order valence-corrected chi connectivity index (χ3v) is 5.27. The molecule has 1 aliphatic rings. The van der Waals surface area contributed by atoms with E-state index >= 15 is 0 Å². The van der Waals surface area contributed by atoms with Crippen LogP contribution in [-0.4, -0.2) is 17.4 Å². The molecule has 3 aromatic carbocycles. The lowest BCUT2D eigenvalue weighted by Gasteiger charge is -2.17. The third kappa shape index (κ3) is 3.55. The van der Waals surface area contributed by atoms with Crippen molar-refractivity contribution in [1.82, 2.24) is 4.90 Å². The van der Waals surface area contributed by atoms with Crippen LogP contribution in [0.4, 0.5) is 0 Å². The molecule has 2 atom stereocenters. The second-order valence-corrected chi connectivity index (χ2v) is 7.02. The SMILES string of the molecule is O=C1C(Cc2ccccc2)C(c2ccccc2)CN1Cc1ccccc1. The van der Waals surface area contributed by atoms with Crippen molar-refractivity contribution >= 4 is 5.91 Å². The Kier molecular flexibility index (Phi) is 4.83. The Morgan fingerprint density at radius 2 is 1.27 bits per heavy atom. The van der Waals surface area contributed by atoms with Gasteiger partial charge in [0.15, 0.2) is 0 Å². The van der Waals surface area contributed by atoms with Gasteiger partial charge in [0.05, 0.1) is 5.92 Å². The standard InChI is InChI=1S/C24H23NO/c26-24-22(16-19-10-4-1-5-11-19)23(21-14-8-3-9-15-21)18-25(24)17-20-12-6-2-7-13-20/h1-15,22-23H,16-18H2. The summed E-state index contributed by atoms with van der Waals surface area (Å²) < 4.78 is 0. The fourth-order valence-corrected chi connectivity index (χ4v) is 3.94. The molecule has 0 N–H and O–H groups in total. The maximum absolute atomic E-state index is 13.2. The van der Waals surface area contributed by atoms with E-state index in [1.807, 2.05) is 47.4 Å². The minimum absolute atomic E-state index is 0.00325. The molecule has 0 aliphatic carbocycles. The van der Waals surface area contributed by atoms with Crippen molar-refractivity contribution in [2.24, 2.45) is 5.92 Å². The van der Waals surface area contributed by atoms with Crippen LogP contribution in [-0.2, 0) is 17.8 Å². The van der Waals surface area contributed by atoms with Crippen molar-refractivity contribution in [2.45, 2.75) is 18.9 Å². The molecule has 0 bridgehead atoms. The second kappa shape index (κ2) is 7.57. The van der Waals surface area contributed by atoms with Crippen LogP contribution in [0.5, 0.6) is 0 Å². The lowest BCUT2D eigenvalue weighted by atomic mass is 9.84. The molecule has 3 aromatic rings. The van der Waals surface area contributed by atoms with Crippen LogP contribution >= 0.6 is 0 Å². The first-order valence-electron chi connectivity index (χ1n) is 9.23. The number of likely N-dealkylation sites (tertiary alicyclic amines) is 1. The van der Waals surface area contributed by atoms with Crippen LogP contribution in [0.3, 0.4) is 0 Å². The summed E-state index contributed by atoms with van der Waals surface area (Å²) in [5, 5.41) is 0. The number of benzene rings is 3. The maximum atomic E-state index is 13.2. The Morgan fingerprint density at radius 3 is 1.88 bits per heavy atom. The number of carbonyl (C=O) groups excluding carboxylic acids is 1. The van der Waals surface area contributed by atoms with E-state index in [-0.39, 0.29) is 17.7 Å². The largest absolute Gasteiger partial charge is 0.337 e. The Morgan fingerprint density at radius 1 is 0.731 bits per heavy atom. The smallest absolute Gasteiger partial charge is 0.227 e. The predicted octanol–water partition coefficient (Wildman–Crippen LogP) is 4.67. The van der Waals surface area contributed by atoms with Crippen LogP contribution in [0, 0.1) is 5.92 Å². The van der Waals surface area contributed by atoms with Gasteiger partial charge in [-0.2, -0.15) is 0 Å². The van der Waals surface area contributed by atoms with E-state index in [9.17, 15) is 4.79 Å². The van der Waals surface area contributed by atoms with Crippen LogP contribution in [0.1, 0.15) is 22.6 Å².